The van der Waals surface area contributed by atoms with Crippen LogP contribution in [0.15, 0.2) is 35.1 Å². The summed E-state index contributed by atoms with van der Waals surface area (Å²) in [4.78, 5) is 24.9. The molecule has 0 N–H and O–H groups in total. The van der Waals surface area contributed by atoms with Gasteiger partial charge in [-0.2, -0.15) is 0 Å². The molecule has 0 saturated carbocycles. The van der Waals surface area contributed by atoms with E-state index < -0.39 is 0 Å². The van der Waals surface area contributed by atoms with Crippen LogP contribution in [0.2, 0.25) is 0 Å². The molecule has 1 amide bonds. The lowest BCUT2D eigenvalue weighted by molar-refractivity contribution is -0.136. The highest BCUT2D eigenvalue weighted by molar-refractivity contribution is 5.77. The number of methoxy groups -OCH3 is 1. The van der Waals surface area contributed by atoms with E-state index in [9.17, 15) is 4.79 Å². The van der Waals surface area contributed by atoms with Crippen LogP contribution in [0.4, 0.5) is 5.95 Å². The van der Waals surface area contributed by atoms with Gasteiger partial charge in [0.2, 0.25) is 11.9 Å². The van der Waals surface area contributed by atoms with E-state index in [1.165, 1.54) is 0 Å². The van der Waals surface area contributed by atoms with Crippen molar-refractivity contribution in [1.29, 1.82) is 0 Å². The zero-order valence-electron chi connectivity index (χ0n) is 14.3. The molecule has 25 heavy (non-hydrogen) atoms. The molecule has 1 saturated heterocycles. The summed E-state index contributed by atoms with van der Waals surface area (Å²) in [7, 11) is 1.60. The van der Waals surface area contributed by atoms with E-state index in [1.54, 1.807) is 24.5 Å². The largest absolute Gasteiger partial charge is 0.463 e. The predicted molar refractivity (Wildman–Crippen MR) is 91.2 cm³/mol. The second-order valence-electron chi connectivity index (χ2n) is 5.63. The van der Waals surface area contributed by atoms with E-state index in [1.807, 2.05) is 18.2 Å². The molecule has 8 nitrogen and oxygen atoms in total. The SMILES string of the molecule is COCCOCC(=O)N1CCN(c2nccc(-c3ccco3)n2)CC1. The van der Waals surface area contributed by atoms with Gasteiger partial charge < -0.3 is 23.7 Å². The van der Waals surface area contributed by atoms with Crippen molar-refractivity contribution < 1.29 is 18.7 Å². The fraction of sp³-hybridized carbons (Fsp3) is 0.471. The van der Waals surface area contributed by atoms with Gasteiger partial charge in [-0.1, -0.05) is 0 Å². The second kappa shape index (κ2) is 8.59. The monoisotopic (exact) mass is 346 g/mol. The van der Waals surface area contributed by atoms with Gasteiger partial charge in [0, 0.05) is 39.5 Å². The van der Waals surface area contributed by atoms with Crippen LogP contribution in [0.1, 0.15) is 0 Å². The van der Waals surface area contributed by atoms with Gasteiger partial charge in [-0.15, -0.1) is 0 Å². The number of aromatic nitrogens is 2. The summed E-state index contributed by atoms with van der Waals surface area (Å²) >= 11 is 0. The van der Waals surface area contributed by atoms with Crippen molar-refractivity contribution in [2.24, 2.45) is 0 Å². The van der Waals surface area contributed by atoms with Gasteiger partial charge in [0.25, 0.3) is 0 Å². The van der Waals surface area contributed by atoms with Crippen LogP contribution >= 0.6 is 0 Å². The van der Waals surface area contributed by atoms with E-state index in [4.69, 9.17) is 13.9 Å². The number of furan rings is 1. The third-order valence-electron chi connectivity index (χ3n) is 3.99. The lowest BCUT2D eigenvalue weighted by Crippen LogP contribution is -2.50. The molecule has 0 bridgehead atoms. The van der Waals surface area contributed by atoms with Gasteiger partial charge in [-0.25, -0.2) is 9.97 Å². The van der Waals surface area contributed by atoms with Gasteiger partial charge in [0.1, 0.15) is 12.3 Å². The van der Waals surface area contributed by atoms with Crippen molar-refractivity contribution >= 4 is 11.9 Å². The Labute approximate surface area is 146 Å². The minimum Gasteiger partial charge on any atom is -0.463 e. The second-order valence-corrected chi connectivity index (χ2v) is 5.63. The molecule has 2 aromatic heterocycles. The van der Waals surface area contributed by atoms with Crippen LogP contribution in [0.25, 0.3) is 11.5 Å². The smallest absolute Gasteiger partial charge is 0.248 e. The highest BCUT2D eigenvalue weighted by Gasteiger charge is 2.22. The highest BCUT2D eigenvalue weighted by atomic mass is 16.5. The van der Waals surface area contributed by atoms with Crippen LogP contribution in [0.3, 0.4) is 0 Å². The Kier molecular flexibility index (Phi) is 5.97. The summed E-state index contributed by atoms with van der Waals surface area (Å²) in [6.45, 7) is 3.63. The van der Waals surface area contributed by atoms with Crippen molar-refractivity contribution in [1.82, 2.24) is 14.9 Å². The van der Waals surface area contributed by atoms with Crippen LogP contribution in [-0.2, 0) is 14.3 Å². The first kappa shape index (κ1) is 17.4. The molecule has 3 heterocycles. The topological polar surface area (TPSA) is 80.9 Å². The number of hydrogen-bond acceptors (Lipinski definition) is 7. The molecule has 0 unspecified atom stereocenters. The zero-order valence-corrected chi connectivity index (χ0v) is 14.3. The summed E-state index contributed by atoms with van der Waals surface area (Å²) in [6, 6.07) is 5.52. The maximum absolute atomic E-state index is 12.1. The van der Waals surface area contributed by atoms with E-state index >= 15 is 0 Å². The summed E-state index contributed by atoms with van der Waals surface area (Å²) in [5.41, 5.74) is 0.750. The van der Waals surface area contributed by atoms with Crippen molar-refractivity contribution in [3.8, 4) is 11.5 Å². The molecule has 1 aliphatic rings. The number of rotatable bonds is 7. The molecule has 134 valence electrons. The first-order valence-corrected chi connectivity index (χ1v) is 8.24. The normalized spacial score (nSPS) is 14.8. The Morgan fingerprint density at radius 2 is 2.08 bits per heavy atom. The van der Waals surface area contributed by atoms with Crippen LogP contribution < -0.4 is 4.90 Å². The van der Waals surface area contributed by atoms with Crippen molar-refractivity contribution in [2.75, 3.05) is 58.0 Å². The number of nitrogens with zero attached hydrogens (tertiary/aromatic N) is 4. The molecular formula is C17H22N4O4. The van der Waals surface area contributed by atoms with Crippen molar-refractivity contribution in [2.45, 2.75) is 0 Å². The zero-order chi connectivity index (χ0) is 17.5. The molecule has 8 heteroatoms. The molecule has 0 aliphatic carbocycles. The standard InChI is InChI=1S/C17H22N4O4/c1-23-11-12-24-13-16(22)20-6-8-21(9-7-20)17-18-5-4-14(19-17)15-3-2-10-25-15/h2-5,10H,6-9,11-13H2,1H3. The number of ether oxygens (including phenoxy) is 2. The van der Waals surface area contributed by atoms with Gasteiger partial charge in [-0.05, 0) is 18.2 Å². The van der Waals surface area contributed by atoms with E-state index in [2.05, 4.69) is 14.9 Å². The summed E-state index contributed by atoms with van der Waals surface area (Å²) in [5.74, 6) is 1.36. The van der Waals surface area contributed by atoms with Crippen LogP contribution in [0.5, 0.6) is 0 Å². The first-order valence-electron chi connectivity index (χ1n) is 8.24. The number of carbonyl (C=O) groups excluding carboxylic acids is 1. The van der Waals surface area contributed by atoms with Gasteiger partial charge in [-0.3, -0.25) is 4.79 Å². The minimum absolute atomic E-state index is 0.000933. The van der Waals surface area contributed by atoms with Crippen LogP contribution in [-0.4, -0.2) is 73.9 Å². The number of piperazine rings is 1. The van der Waals surface area contributed by atoms with E-state index in [0.29, 0.717) is 51.1 Å². The molecular weight excluding hydrogens is 324 g/mol. The molecule has 2 aromatic rings. The Morgan fingerprint density at radius 1 is 1.24 bits per heavy atom. The number of amides is 1. The number of anilines is 1. The molecule has 1 aliphatic heterocycles. The summed E-state index contributed by atoms with van der Waals surface area (Å²) in [6.07, 6.45) is 3.34. The van der Waals surface area contributed by atoms with E-state index in [0.717, 1.165) is 5.69 Å². The van der Waals surface area contributed by atoms with Gasteiger partial charge >= 0.3 is 0 Å². The number of hydrogen-bond donors (Lipinski definition) is 0. The molecule has 3 rings (SSSR count). The van der Waals surface area contributed by atoms with Gasteiger partial charge in [0.05, 0.1) is 19.5 Å². The highest BCUT2D eigenvalue weighted by Crippen LogP contribution is 2.20. The number of carbonyl (C=O) groups is 1. The Balaban J connectivity index is 1.52. The lowest BCUT2D eigenvalue weighted by atomic mass is 10.3. The molecule has 0 radical (unpaired) electrons. The third kappa shape index (κ3) is 4.55. The Hall–Kier alpha value is -2.45. The molecule has 0 atom stereocenters. The Bertz CT molecular complexity index is 669. The van der Waals surface area contributed by atoms with Gasteiger partial charge in [0.15, 0.2) is 5.76 Å². The quantitative estimate of drug-likeness (QED) is 0.693. The van der Waals surface area contributed by atoms with Crippen molar-refractivity contribution in [3.63, 3.8) is 0 Å². The first-order chi connectivity index (χ1) is 12.3. The fourth-order valence-corrected chi connectivity index (χ4v) is 2.61. The average molecular weight is 346 g/mol. The molecule has 0 aromatic carbocycles. The third-order valence-corrected chi connectivity index (χ3v) is 3.99. The molecule has 0 spiro atoms. The fourth-order valence-electron chi connectivity index (χ4n) is 2.61. The summed E-state index contributed by atoms with van der Waals surface area (Å²) in [5, 5.41) is 0. The minimum atomic E-state index is 0.000933. The lowest BCUT2D eigenvalue weighted by Gasteiger charge is -2.34. The van der Waals surface area contributed by atoms with E-state index in [-0.39, 0.29) is 12.5 Å². The average Bonchev–Trinajstić information content (AvgIpc) is 3.20. The maximum Gasteiger partial charge on any atom is 0.248 e. The predicted octanol–water partition coefficient (Wildman–Crippen LogP) is 1.05. The maximum atomic E-state index is 12.1. The molecule has 1 fully saturated rings. The van der Waals surface area contributed by atoms with Crippen LogP contribution in [0, 0.1) is 0 Å². The summed E-state index contributed by atoms with van der Waals surface area (Å²) < 4.78 is 15.6. The van der Waals surface area contributed by atoms with Crippen molar-refractivity contribution in [3.05, 3.63) is 30.7 Å². The Morgan fingerprint density at radius 3 is 2.80 bits per heavy atom.